The highest BCUT2D eigenvalue weighted by molar-refractivity contribution is 5.95. The van der Waals surface area contributed by atoms with Crippen molar-refractivity contribution in [1.29, 1.82) is 0 Å². The van der Waals surface area contributed by atoms with Crippen LogP contribution in [0.3, 0.4) is 0 Å². The summed E-state index contributed by atoms with van der Waals surface area (Å²) in [7, 11) is 0. The van der Waals surface area contributed by atoms with Crippen molar-refractivity contribution in [2.75, 3.05) is 26.2 Å². The lowest BCUT2D eigenvalue weighted by molar-refractivity contribution is 0.0478. The predicted molar refractivity (Wildman–Crippen MR) is 83.0 cm³/mol. The highest BCUT2D eigenvalue weighted by Gasteiger charge is 2.36. The summed E-state index contributed by atoms with van der Waals surface area (Å²) in [5.41, 5.74) is 1.47. The van der Waals surface area contributed by atoms with Crippen molar-refractivity contribution in [3.05, 3.63) is 35.7 Å². The normalized spacial score (nSPS) is 22.5. The van der Waals surface area contributed by atoms with Gasteiger partial charge in [0.25, 0.3) is 5.91 Å². The molecule has 23 heavy (non-hydrogen) atoms. The quantitative estimate of drug-likeness (QED) is 0.930. The van der Waals surface area contributed by atoms with E-state index in [1.807, 2.05) is 11.1 Å². The molecule has 1 aliphatic carbocycles. The number of hydrogen-bond donors (Lipinski definition) is 1. The molecule has 2 fully saturated rings. The molecule has 1 unspecified atom stereocenters. The molecule has 2 aliphatic rings. The summed E-state index contributed by atoms with van der Waals surface area (Å²) >= 11 is 0. The molecule has 1 amide bonds. The van der Waals surface area contributed by atoms with Crippen molar-refractivity contribution < 1.29 is 9.32 Å². The Morgan fingerprint density at radius 2 is 2.30 bits per heavy atom. The van der Waals surface area contributed by atoms with Gasteiger partial charge in [0.15, 0.2) is 0 Å². The van der Waals surface area contributed by atoms with E-state index in [1.54, 1.807) is 6.20 Å². The number of aromatic amines is 1. The molecule has 4 rings (SSSR count). The zero-order valence-electron chi connectivity index (χ0n) is 13.2. The Bertz CT molecular complexity index is 676. The lowest BCUT2D eigenvalue weighted by Crippen LogP contribution is -2.50. The first kappa shape index (κ1) is 14.4. The van der Waals surface area contributed by atoms with Crippen LogP contribution in [0.4, 0.5) is 0 Å². The van der Waals surface area contributed by atoms with Crippen molar-refractivity contribution in [3.8, 4) is 0 Å². The number of likely N-dealkylation sites (N-methyl/N-ethyl adjacent to an activating group) is 1. The minimum atomic E-state index is 0.0282. The van der Waals surface area contributed by atoms with Gasteiger partial charge in [0.1, 0.15) is 17.7 Å². The average Bonchev–Trinajstić information content (AvgIpc) is 3.09. The number of nitrogens with zero attached hydrogens (tertiary/aromatic N) is 4. The molecule has 1 aliphatic heterocycles. The number of piperazine rings is 1. The van der Waals surface area contributed by atoms with Crippen molar-refractivity contribution in [2.24, 2.45) is 0 Å². The van der Waals surface area contributed by atoms with E-state index in [9.17, 15) is 4.79 Å². The van der Waals surface area contributed by atoms with Gasteiger partial charge in [0.2, 0.25) is 0 Å². The van der Waals surface area contributed by atoms with Crippen molar-refractivity contribution in [2.45, 2.75) is 31.7 Å². The molecule has 0 spiro atoms. The molecular formula is C16H21N5O2. The molecule has 2 aromatic heterocycles. The summed E-state index contributed by atoms with van der Waals surface area (Å²) < 4.78 is 5.07. The highest BCUT2D eigenvalue weighted by atomic mass is 16.5. The Morgan fingerprint density at radius 1 is 1.43 bits per heavy atom. The summed E-state index contributed by atoms with van der Waals surface area (Å²) in [6, 6.07) is 0.108. The van der Waals surface area contributed by atoms with Gasteiger partial charge in [-0.15, -0.1) is 0 Å². The van der Waals surface area contributed by atoms with Gasteiger partial charge >= 0.3 is 0 Å². The largest absolute Gasteiger partial charge is 0.364 e. The van der Waals surface area contributed by atoms with Crippen LogP contribution in [-0.4, -0.2) is 57.0 Å². The fourth-order valence-electron chi connectivity index (χ4n) is 3.33. The third kappa shape index (κ3) is 2.65. The second-order valence-electron chi connectivity index (χ2n) is 6.26. The number of carbonyl (C=O) groups is 1. The summed E-state index contributed by atoms with van der Waals surface area (Å²) in [6.07, 6.45) is 7.30. The van der Waals surface area contributed by atoms with Crippen LogP contribution in [0.5, 0.6) is 0 Å². The molecule has 1 saturated heterocycles. The van der Waals surface area contributed by atoms with Gasteiger partial charge in [-0.3, -0.25) is 9.69 Å². The number of H-pyrrole nitrogens is 1. The standard InChI is InChI=1S/C16H21N5O2/c1-2-20-7-8-21(9-13(20)15-17-5-6-18-15)16(22)12-10-23-19-14(12)11-3-4-11/h5-6,10-11,13H,2-4,7-9H2,1H3,(H,17,18). The molecule has 0 bridgehead atoms. The minimum absolute atomic E-state index is 0.0282. The second-order valence-corrected chi connectivity index (χ2v) is 6.26. The zero-order chi connectivity index (χ0) is 15.8. The van der Waals surface area contributed by atoms with Gasteiger partial charge in [-0.05, 0) is 19.4 Å². The first-order valence-electron chi connectivity index (χ1n) is 8.24. The predicted octanol–water partition coefficient (Wildman–Crippen LogP) is 1.79. The molecule has 0 aromatic carbocycles. The van der Waals surface area contributed by atoms with Crippen molar-refractivity contribution >= 4 is 5.91 Å². The van der Waals surface area contributed by atoms with E-state index in [-0.39, 0.29) is 11.9 Å². The van der Waals surface area contributed by atoms with Gasteiger partial charge in [0, 0.05) is 37.9 Å². The van der Waals surface area contributed by atoms with E-state index in [0.717, 1.165) is 44.0 Å². The molecule has 1 saturated carbocycles. The number of nitrogens with one attached hydrogen (secondary N) is 1. The molecule has 7 heteroatoms. The van der Waals surface area contributed by atoms with Crippen LogP contribution in [0.2, 0.25) is 0 Å². The van der Waals surface area contributed by atoms with Gasteiger partial charge in [-0.1, -0.05) is 12.1 Å². The number of carbonyl (C=O) groups excluding carboxylic acids is 1. The number of hydrogen-bond acceptors (Lipinski definition) is 5. The Labute approximate surface area is 134 Å². The van der Waals surface area contributed by atoms with E-state index in [2.05, 4.69) is 26.9 Å². The van der Waals surface area contributed by atoms with E-state index in [1.165, 1.54) is 6.26 Å². The Morgan fingerprint density at radius 3 is 3.00 bits per heavy atom. The topological polar surface area (TPSA) is 78.3 Å². The van der Waals surface area contributed by atoms with Crippen LogP contribution in [-0.2, 0) is 0 Å². The van der Waals surface area contributed by atoms with Crippen LogP contribution in [0, 0.1) is 0 Å². The monoisotopic (exact) mass is 315 g/mol. The molecule has 122 valence electrons. The molecular weight excluding hydrogens is 294 g/mol. The Kier molecular flexibility index (Phi) is 3.65. The molecule has 7 nitrogen and oxygen atoms in total. The third-order valence-electron chi connectivity index (χ3n) is 4.81. The van der Waals surface area contributed by atoms with Gasteiger partial charge in [-0.25, -0.2) is 4.98 Å². The summed E-state index contributed by atoms with van der Waals surface area (Å²) in [4.78, 5) is 24.7. The maximum atomic E-state index is 12.9. The highest BCUT2D eigenvalue weighted by Crippen LogP contribution is 2.41. The van der Waals surface area contributed by atoms with Crippen LogP contribution < -0.4 is 0 Å². The van der Waals surface area contributed by atoms with E-state index in [4.69, 9.17) is 4.52 Å². The van der Waals surface area contributed by atoms with Crippen LogP contribution in [0.15, 0.2) is 23.2 Å². The maximum Gasteiger partial charge on any atom is 0.259 e. The summed E-state index contributed by atoms with van der Waals surface area (Å²) in [5, 5.41) is 4.04. The van der Waals surface area contributed by atoms with E-state index in [0.29, 0.717) is 18.0 Å². The fourth-order valence-corrected chi connectivity index (χ4v) is 3.33. The van der Waals surface area contributed by atoms with Crippen molar-refractivity contribution in [1.82, 2.24) is 24.9 Å². The maximum absolute atomic E-state index is 12.9. The number of rotatable bonds is 4. The Balaban J connectivity index is 1.55. The summed E-state index contributed by atoms with van der Waals surface area (Å²) in [5.74, 6) is 1.35. The van der Waals surface area contributed by atoms with Crippen LogP contribution >= 0.6 is 0 Å². The minimum Gasteiger partial charge on any atom is -0.364 e. The fraction of sp³-hybridized carbons (Fsp3) is 0.562. The van der Waals surface area contributed by atoms with Crippen LogP contribution in [0.25, 0.3) is 0 Å². The number of aromatic nitrogens is 3. The first-order chi connectivity index (χ1) is 11.3. The third-order valence-corrected chi connectivity index (χ3v) is 4.81. The lowest BCUT2D eigenvalue weighted by atomic mass is 10.1. The van der Waals surface area contributed by atoms with Gasteiger partial charge < -0.3 is 14.4 Å². The van der Waals surface area contributed by atoms with E-state index >= 15 is 0 Å². The smallest absolute Gasteiger partial charge is 0.259 e. The van der Waals surface area contributed by atoms with Gasteiger partial charge in [-0.2, -0.15) is 0 Å². The van der Waals surface area contributed by atoms with Crippen LogP contribution in [0.1, 0.15) is 53.6 Å². The molecule has 1 N–H and O–H groups in total. The molecule has 3 heterocycles. The van der Waals surface area contributed by atoms with Crippen molar-refractivity contribution in [3.63, 3.8) is 0 Å². The lowest BCUT2D eigenvalue weighted by Gasteiger charge is -2.40. The molecule has 1 atom stereocenters. The second kappa shape index (κ2) is 5.81. The first-order valence-corrected chi connectivity index (χ1v) is 8.24. The number of imidazole rings is 1. The Hall–Kier alpha value is -2.15. The number of amides is 1. The summed E-state index contributed by atoms with van der Waals surface area (Å²) in [6.45, 7) is 5.28. The molecule has 2 aromatic rings. The average molecular weight is 315 g/mol. The molecule has 0 radical (unpaired) electrons. The SMILES string of the molecule is CCN1CCN(C(=O)c2conc2C2CC2)CC1c1ncc[nH]1. The zero-order valence-corrected chi connectivity index (χ0v) is 13.2. The van der Waals surface area contributed by atoms with E-state index < -0.39 is 0 Å². The van der Waals surface area contributed by atoms with Gasteiger partial charge in [0.05, 0.1) is 11.7 Å².